The van der Waals surface area contributed by atoms with Crippen molar-refractivity contribution in [3.05, 3.63) is 100 Å². The van der Waals surface area contributed by atoms with E-state index in [0.29, 0.717) is 0 Å². The summed E-state index contributed by atoms with van der Waals surface area (Å²) in [5.74, 6) is -4.38. The summed E-state index contributed by atoms with van der Waals surface area (Å²) >= 11 is 24.5. The van der Waals surface area contributed by atoms with Gasteiger partial charge in [0.05, 0.1) is 31.0 Å². The first kappa shape index (κ1) is 33.8. The number of hydrogen-bond donors (Lipinski definition) is 0. The Bertz CT molecular complexity index is 1640. The van der Waals surface area contributed by atoms with E-state index in [1.54, 1.807) is 0 Å². The van der Waals surface area contributed by atoms with Crippen LogP contribution in [0.4, 0.5) is 28.9 Å². The average Bonchev–Trinajstić information content (AvgIpc) is 2.95. The summed E-state index contributed by atoms with van der Waals surface area (Å²) in [6, 6.07) is 7.73. The van der Waals surface area contributed by atoms with Crippen LogP contribution in [0.2, 0.25) is 20.1 Å². The summed E-state index contributed by atoms with van der Waals surface area (Å²) in [5.41, 5.74) is -3.48. The van der Waals surface area contributed by atoms with Crippen molar-refractivity contribution in [1.82, 2.24) is 0 Å². The van der Waals surface area contributed by atoms with Crippen molar-refractivity contribution in [3.8, 4) is 45.3 Å². The molecule has 0 spiro atoms. The minimum absolute atomic E-state index is 0.138. The Morgan fingerprint density at radius 2 is 1.00 bits per heavy atom. The predicted octanol–water partition coefficient (Wildman–Crippen LogP) is 10.2. The minimum Gasteiger partial charge on any atom is -0.484 e. The molecule has 17 heteroatoms. The predicted molar refractivity (Wildman–Crippen MR) is 160 cm³/mol. The van der Waals surface area contributed by atoms with Crippen LogP contribution >= 0.6 is 46.4 Å². The van der Waals surface area contributed by atoms with Gasteiger partial charge in [0.25, 0.3) is 0 Å². The lowest BCUT2D eigenvalue weighted by Gasteiger charge is -2.21. The smallest absolute Gasteiger partial charge is 0.311 e. The molecule has 45 heavy (non-hydrogen) atoms. The second kappa shape index (κ2) is 14.4. The van der Waals surface area contributed by atoms with Gasteiger partial charge in [-0.25, -0.2) is 17.6 Å². The zero-order valence-corrected chi connectivity index (χ0v) is 25.2. The van der Waals surface area contributed by atoms with Crippen molar-refractivity contribution >= 4 is 57.8 Å². The lowest BCUT2D eigenvalue weighted by molar-refractivity contribution is -0.385. The van der Waals surface area contributed by atoms with Gasteiger partial charge in [-0.3, -0.25) is 20.2 Å². The van der Waals surface area contributed by atoms with Gasteiger partial charge in [0.15, 0.2) is 0 Å². The van der Waals surface area contributed by atoms with Crippen LogP contribution in [0.15, 0.2) is 48.5 Å². The number of nitro benzene ring substituents is 2. The van der Waals surface area contributed by atoms with E-state index < -0.39 is 105 Å². The minimum atomic E-state index is -1.10. The number of nitro groups is 2. The van der Waals surface area contributed by atoms with Crippen LogP contribution in [0.3, 0.4) is 0 Å². The molecule has 4 aromatic rings. The van der Waals surface area contributed by atoms with Gasteiger partial charge in [0.2, 0.25) is 11.5 Å². The molecule has 0 aliphatic heterocycles. The number of benzene rings is 4. The fourth-order valence-corrected chi connectivity index (χ4v) is 5.42. The van der Waals surface area contributed by atoms with E-state index in [1.807, 2.05) is 0 Å². The summed E-state index contributed by atoms with van der Waals surface area (Å²) in [6.07, 6.45) is 0. The molecule has 9 nitrogen and oxygen atoms in total. The maximum absolute atomic E-state index is 15.4. The summed E-state index contributed by atoms with van der Waals surface area (Å²) in [5, 5.41) is 22.8. The van der Waals surface area contributed by atoms with Gasteiger partial charge in [-0.2, -0.15) is 0 Å². The molecule has 0 aliphatic carbocycles. The molecule has 0 bridgehead atoms. The van der Waals surface area contributed by atoms with E-state index in [4.69, 9.17) is 60.6 Å². The highest BCUT2D eigenvalue weighted by molar-refractivity contribution is 6.37. The van der Waals surface area contributed by atoms with Crippen LogP contribution in [-0.4, -0.2) is 36.4 Å². The molecule has 0 N–H and O–H groups in total. The molecule has 0 atom stereocenters. The van der Waals surface area contributed by atoms with E-state index >= 15 is 8.78 Å². The first-order valence-electron chi connectivity index (χ1n) is 12.4. The fourth-order valence-electron chi connectivity index (χ4n) is 4.29. The third-order valence-electron chi connectivity index (χ3n) is 5.97. The van der Waals surface area contributed by atoms with Crippen molar-refractivity contribution in [1.29, 1.82) is 0 Å². The Morgan fingerprint density at radius 1 is 0.622 bits per heavy atom. The molecule has 0 fully saturated rings. The van der Waals surface area contributed by atoms with Crippen molar-refractivity contribution in [2.24, 2.45) is 0 Å². The highest BCUT2D eigenvalue weighted by Gasteiger charge is 2.32. The van der Waals surface area contributed by atoms with E-state index in [2.05, 4.69) is 0 Å². The molecule has 236 valence electrons. The lowest BCUT2D eigenvalue weighted by atomic mass is 9.99. The number of ether oxygens (including phenoxy) is 3. The van der Waals surface area contributed by atoms with Crippen molar-refractivity contribution in [2.45, 2.75) is 0 Å². The zero-order chi connectivity index (χ0) is 33.0. The Balaban J connectivity index is 2.12. The van der Waals surface area contributed by atoms with Gasteiger partial charge in [-0.15, -0.1) is 0 Å². The zero-order valence-electron chi connectivity index (χ0n) is 22.2. The summed E-state index contributed by atoms with van der Waals surface area (Å²) in [7, 11) is 0. The summed E-state index contributed by atoms with van der Waals surface area (Å²) < 4.78 is 74.0. The van der Waals surface area contributed by atoms with E-state index in [-0.39, 0.29) is 20.1 Å². The maximum Gasteiger partial charge on any atom is 0.311 e. The van der Waals surface area contributed by atoms with E-state index in [0.717, 1.165) is 48.5 Å². The molecule has 4 rings (SSSR count). The Morgan fingerprint density at radius 3 is 1.31 bits per heavy atom. The van der Waals surface area contributed by atoms with Crippen molar-refractivity contribution < 1.29 is 41.6 Å². The lowest BCUT2D eigenvalue weighted by Crippen LogP contribution is -2.07. The first-order valence-corrected chi connectivity index (χ1v) is 13.9. The third-order valence-corrected chi connectivity index (χ3v) is 7.00. The average molecular weight is 710 g/mol. The van der Waals surface area contributed by atoms with Crippen molar-refractivity contribution in [3.63, 3.8) is 0 Å². The second-order valence-corrected chi connectivity index (χ2v) is 10.4. The van der Waals surface area contributed by atoms with Crippen LogP contribution in [0.5, 0.6) is 23.0 Å². The molecule has 0 radical (unpaired) electrons. The van der Waals surface area contributed by atoms with Crippen LogP contribution in [0.1, 0.15) is 0 Å². The Labute approximate surface area is 271 Å². The molecule has 4 aromatic carbocycles. The van der Waals surface area contributed by atoms with Gasteiger partial charge in [0.1, 0.15) is 49.7 Å². The number of nitrogens with zero attached hydrogens (tertiary/aromatic N) is 2. The largest absolute Gasteiger partial charge is 0.484 e. The molecule has 0 unspecified atom stereocenters. The van der Waals surface area contributed by atoms with Gasteiger partial charge in [-0.05, 0) is 36.4 Å². The summed E-state index contributed by atoms with van der Waals surface area (Å²) in [4.78, 5) is 22.1. The number of rotatable bonds is 12. The van der Waals surface area contributed by atoms with Gasteiger partial charge < -0.3 is 14.2 Å². The van der Waals surface area contributed by atoms with Gasteiger partial charge in [-0.1, -0.05) is 46.4 Å². The first-order chi connectivity index (χ1) is 21.4. The molecular weight excluding hydrogens is 694 g/mol. The van der Waals surface area contributed by atoms with Crippen LogP contribution in [0, 0.1) is 31.9 Å². The Kier molecular flexibility index (Phi) is 10.8. The van der Waals surface area contributed by atoms with Crippen molar-refractivity contribution in [2.75, 3.05) is 26.6 Å². The Hall–Kier alpha value is -4.04. The van der Waals surface area contributed by atoms with Crippen LogP contribution in [0.25, 0.3) is 22.3 Å². The number of halogens is 8. The molecule has 0 amide bonds. The van der Waals surface area contributed by atoms with Gasteiger partial charge >= 0.3 is 11.4 Å². The fraction of sp³-hybridized carbons (Fsp3) is 0.143. The normalized spacial score (nSPS) is 10.9. The second-order valence-electron chi connectivity index (χ2n) is 8.75. The molecule has 0 heterocycles. The quantitative estimate of drug-likeness (QED) is 0.0817. The standard InChI is InChI=1S/C28H16Cl4F4N2O7/c29-13-9-15(31)23(17(35)11-13)25-21(3-1-19(37(39)40)27(25)43-7-5-33)45-22-4-2-20(38(41)42)28(44-8-6-34)26(22)24-16(32)10-14(30)12-18(24)36/h1-4,9-12H,5-8H2. The molecule has 0 saturated heterocycles. The van der Waals surface area contributed by atoms with E-state index in [1.165, 1.54) is 0 Å². The van der Waals surface area contributed by atoms with E-state index in [9.17, 15) is 29.0 Å². The molecular formula is C28H16Cl4F4N2O7. The SMILES string of the molecule is O=[N+]([O-])c1ccc(Oc2ccc([N+](=O)[O-])c(OCCF)c2-c2c(F)cc(Cl)cc2Cl)c(-c2c(F)cc(Cl)cc2Cl)c1OCCF. The molecule has 0 aliphatic rings. The van der Waals surface area contributed by atoms with Crippen LogP contribution < -0.4 is 14.2 Å². The number of alkyl halides is 2. The monoisotopic (exact) mass is 708 g/mol. The highest BCUT2D eigenvalue weighted by Crippen LogP contribution is 2.53. The third kappa shape index (κ3) is 7.12. The highest BCUT2D eigenvalue weighted by atomic mass is 35.5. The molecule has 0 saturated carbocycles. The summed E-state index contributed by atoms with van der Waals surface area (Å²) in [6.45, 7) is -3.62. The molecule has 0 aromatic heterocycles. The van der Waals surface area contributed by atoms with Crippen LogP contribution in [-0.2, 0) is 0 Å². The number of hydrogen-bond acceptors (Lipinski definition) is 7. The topological polar surface area (TPSA) is 114 Å². The maximum atomic E-state index is 15.4. The van der Waals surface area contributed by atoms with Gasteiger partial charge in [0, 0.05) is 33.3 Å².